The van der Waals surface area contributed by atoms with Gasteiger partial charge in [-0.25, -0.2) is 0 Å². The molecule has 110 valence electrons. The van der Waals surface area contributed by atoms with Crippen molar-refractivity contribution < 1.29 is 4.79 Å². The van der Waals surface area contributed by atoms with E-state index in [0.717, 1.165) is 17.7 Å². The van der Waals surface area contributed by atoms with Gasteiger partial charge in [-0.2, -0.15) is 0 Å². The van der Waals surface area contributed by atoms with Crippen LogP contribution in [0.3, 0.4) is 0 Å². The van der Waals surface area contributed by atoms with Gasteiger partial charge in [-0.1, -0.05) is 24.6 Å². The number of halogens is 1. The summed E-state index contributed by atoms with van der Waals surface area (Å²) in [6.45, 7) is 3.89. The molecule has 1 aromatic carbocycles. The van der Waals surface area contributed by atoms with Crippen molar-refractivity contribution in [1.29, 1.82) is 0 Å². The summed E-state index contributed by atoms with van der Waals surface area (Å²) >= 11 is 6.07. The molecule has 6 heteroatoms. The lowest BCUT2D eigenvalue weighted by atomic mass is 10.2. The zero-order valence-electron chi connectivity index (χ0n) is 12.0. The minimum Gasteiger partial charge on any atom is -0.339 e. The van der Waals surface area contributed by atoms with Crippen LogP contribution in [-0.4, -0.2) is 16.1 Å². The first-order chi connectivity index (χ1) is 10.1. The smallest absolute Gasteiger partial charge is 0.225 e. The fourth-order valence-corrected chi connectivity index (χ4v) is 1.90. The molecule has 2 rings (SSSR count). The first-order valence-corrected chi connectivity index (χ1v) is 7.13. The first-order valence-electron chi connectivity index (χ1n) is 6.75. The Bertz CT molecular complexity index is 628. The Morgan fingerprint density at radius 1 is 1.19 bits per heavy atom. The topological polar surface area (TPSA) is 66.9 Å². The van der Waals surface area contributed by atoms with Gasteiger partial charge in [0.25, 0.3) is 0 Å². The van der Waals surface area contributed by atoms with Gasteiger partial charge in [0.2, 0.25) is 5.91 Å². The van der Waals surface area contributed by atoms with Crippen LogP contribution >= 0.6 is 11.6 Å². The maximum atomic E-state index is 11.4. The Kier molecular flexibility index (Phi) is 5.11. The second-order valence-electron chi connectivity index (χ2n) is 4.69. The predicted molar refractivity (Wildman–Crippen MR) is 85.0 cm³/mol. The summed E-state index contributed by atoms with van der Waals surface area (Å²) in [5, 5.41) is 14.5. The quantitative estimate of drug-likeness (QED) is 0.878. The van der Waals surface area contributed by atoms with Gasteiger partial charge in [-0.15, -0.1) is 10.2 Å². The second kappa shape index (κ2) is 7.04. The monoisotopic (exact) mass is 304 g/mol. The number of hydrogen-bond donors (Lipinski definition) is 2. The maximum absolute atomic E-state index is 11.4. The van der Waals surface area contributed by atoms with Crippen LogP contribution in [0.4, 0.5) is 17.3 Å². The maximum Gasteiger partial charge on any atom is 0.225 e. The molecule has 0 aliphatic rings. The number of aromatic nitrogens is 2. The van der Waals surface area contributed by atoms with Gasteiger partial charge < -0.3 is 10.6 Å². The Balaban J connectivity index is 2.01. The number of carbonyl (C=O) groups is 1. The van der Waals surface area contributed by atoms with E-state index in [1.165, 1.54) is 0 Å². The number of nitrogens with one attached hydrogen (secondary N) is 2. The van der Waals surface area contributed by atoms with Crippen molar-refractivity contribution in [2.45, 2.75) is 26.7 Å². The lowest BCUT2D eigenvalue weighted by Crippen LogP contribution is -2.12. The third-order valence-corrected chi connectivity index (χ3v) is 3.26. The Hall–Kier alpha value is -2.14. The standard InChI is InChI=1S/C15H17ClN4O/c1-3-4-15(21)18-14-8-7-13(19-20-14)17-11-6-5-10(2)12(16)9-11/h5-9H,3-4H2,1-2H3,(H,17,19)(H,18,20,21). The van der Waals surface area contributed by atoms with Crippen LogP contribution in [0, 0.1) is 6.92 Å². The molecule has 21 heavy (non-hydrogen) atoms. The van der Waals surface area contributed by atoms with E-state index in [0.29, 0.717) is 23.1 Å². The Morgan fingerprint density at radius 2 is 1.90 bits per heavy atom. The van der Waals surface area contributed by atoms with Crippen LogP contribution in [0.15, 0.2) is 30.3 Å². The second-order valence-corrected chi connectivity index (χ2v) is 5.10. The van der Waals surface area contributed by atoms with Gasteiger partial charge >= 0.3 is 0 Å². The molecule has 2 N–H and O–H groups in total. The molecule has 0 atom stereocenters. The predicted octanol–water partition coefficient (Wildman–Crippen LogP) is 3.92. The van der Waals surface area contributed by atoms with Crippen LogP contribution in [0.25, 0.3) is 0 Å². The van der Waals surface area contributed by atoms with Crippen molar-refractivity contribution in [2.75, 3.05) is 10.6 Å². The number of hydrogen-bond acceptors (Lipinski definition) is 4. The van der Waals surface area contributed by atoms with Gasteiger partial charge in [-0.05, 0) is 43.2 Å². The Labute approximate surface area is 128 Å². The zero-order valence-corrected chi connectivity index (χ0v) is 12.7. The van der Waals surface area contributed by atoms with Gasteiger partial charge in [0.1, 0.15) is 0 Å². The zero-order chi connectivity index (χ0) is 15.2. The number of amides is 1. The van der Waals surface area contributed by atoms with Crippen molar-refractivity contribution in [3.8, 4) is 0 Å². The van der Waals surface area contributed by atoms with Crippen LogP contribution < -0.4 is 10.6 Å². The minimum atomic E-state index is -0.0576. The van der Waals surface area contributed by atoms with E-state index >= 15 is 0 Å². The third kappa shape index (κ3) is 4.43. The highest BCUT2D eigenvalue weighted by Crippen LogP contribution is 2.22. The lowest BCUT2D eigenvalue weighted by molar-refractivity contribution is -0.116. The fraction of sp³-hybridized carbons (Fsp3) is 0.267. The lowest BCUT2D eigenvalue weighted by Gasteiger charge is -2.07. The molecule has 5 nitrogen and oxygen atoms in total. The van der Waals surface area contributed by atoms with Crippen LogP contribution in [0.2, 0.25) is 5.02 Å². The van der Waals surface area contributed by atoms with E-state index in [4.69, 9.17) is 11.6 Å². The molecule has 1 aromatic heterocycles. The van der Waals surface area contributed by atoms with E-state index in [1.807, 2.05) is 32.0 Å². The summed E-state index contributed by atoms with van der Waals surface area (Å²) in [5.74, 6) is 0.974. The van der Waals surface area contributed by atoms with Crippen molar-refractivity contribution in [3.63, 3.8) is 0 Å². The fourth-order valence-electron chi connectivity index (χ4n) is 1.72. The van der Waals surface area contributed by atoms with E-state index in [2.05, 4.69) is 20.8 Å². The molecule has 0 spiro atoms. The van der Waals surface area contributed by atoms with Crippen molar-refractivity contribution in [1.82, 2.24) is 10.2 Å². The molecule has 0 bridgehead atoms. The Morgan fingerprint density at radius 3 is 2.52 bits per heavy atom. The highest BCUT2D eigenvalue weighted by Gasteiger charge is 2.04. The molecule has 0 saturated heterocycles. The van der Waals surface area contributed by atoms with Crippen LogP contribution in [0.1, 0.15) is 25.3 Å². The number of carbonyl (C=O) groups excluding carboxylic acids is 1. The van der Waals surface area contributed by atoms with E-state index < -0.39 is 0 Å². The molecule has 2 aromatic rings. The van der Waals surface area contributed by atoms with Gasteiger partial charge in [0.05, 0.1) is 0 Å². The van der Waals surface area contributed by atoms with Crippen molar-refractivity contribution in [2.24, 2.45) is 0 Å². The third-order valence-electron chi connectivity index (χ3n) is 2.85. The molecule has 1 heterocycles. The first kappa shape index (κ1) is 15.3. The summed E-state index contributed by atoms with van der Waals surface area (Å²) < 4.78 is 0. The summed E-state index contributed by atoms with van der Waals surface area (Å²) in [4.78, 5) is 11.4. The number of rotatable bonds is 5. The van der Waals surface area contributed by atoms with E-state index in [-0.39, 0.29) is 5.91 Å². The summed E-state index contributed by atoms with van der Waals surface area (Å²) in [6.07, 6.45) is 1.27. The summed E-state index contributed by atoms with van der Waals surface area (Å²) in [5.41, 5.74) is 1.85. The van der Waals surface area contributed by atoms with Crippen molar-refractivity contribution in [3.05, 3.63) is 40.9 Å². The minimum absolute atomic E-state index is 0.0576. The largest absolute Gasteiger partial charge is 0.339 e. The highest BCUT2D eigenvalue weighted by molar-refractivity contribution is 6.31. The molecule has 0 unspecified atom stereocenters. The average Bonchev–Trinajstić information content (AvgIpc) is 2.45. The van der Waals surface area contributed by atoms with Gasteiger partial charge in [0.15, 0.2) is 11.6 Å². The van der Waals surface area contributed by atoms with E-state index in [9.17, 15) is 4.79 Å². The molecular weight excluding hydrogens is 288 g/mol. The van der Waals surface area contributed by atoms with Gasteiger partial charge in [0, 0.05) is 17.1 Å². The SMILES string of the molecule is CCCC(=O)Nc1ccc(Nc2ccc(C)c(Cl)c2)nn1. The summed E-state index contributed by atoms with van der Waals surface area (Å²) in [6, 6.07) is 9.13. The molecule has 0 aliphatic heterocycles. The summed E-state index contributed by atoms with van der Waals surface area (Å²) in [7, 11) is 0. The number of anilines is 3. The van der Waals surface area contributed by atoms with Crippen molar-refractivity contribution >= 4 is 34.8 Å². The molecule has 0 saturated carbocycles. The average molecular weight is 305 g/mol. The van der Waals surface area contributed by atoms with Gasteiger partial charge in [-0.3, -0.25) is 4.79 Å². The highest BCUT2D eigenvalue weighted by atomic mass is 35.5. The normalized spacial score (nSPS) is 10.2. The molecule has 0 aliphatic carbocycles. The number of nitrogens with zero attached hydrogens (tertiary/aromatic N) is 2. The number of benzene rings is 1. The molecule has 0 radical (unpaired) electrons. The molecule has 0 fully saturated rings. The van der Waals surface area contributed by atoms with Crippen LogP contribution in [-0.2, 0) is 4.79 Å². The molecule has 1 amide bonds. The van der Waals surface area contributed by atoms with E-state index in [1.54, 1.807) is 12.1 Å². The number of aryl methyl sites for hydroxylation is 1. The molecular formula is C15H17ClN4O. The van der Waals surface area contributed by atoms with Crippen LogP contribution in [0.5, 0.6) is 0 Å².